The number of sulfonamides is 1. The van der Waals surface area contributed by atoms with Crippen LogP contribution in [-0.2, 0) is 19.6 Å². The summed E-state index contributed by atoms with van der Waals surface area (Å²) < 4.78 is 32.0. The van der Waals surface area contributed by atoms with Gasteiger partial charge in [-0.3, -0.25) is 4.79 Å². The number of nitrogens with one attached hydrogen (secondary N) is 2. The number of benzene rings is 2. The Balaban J connectivity index is 2.00. The molecule has 0 aromatic heterocycles. The molecule has 1 unspecified atom stereocenters. The number of carbonyl (C=O) groups excluding carboxylic acids is 1. The average Bonchev–Trinajstić information content (AvgIpc) is 2.63. The number of amides is 1. The molecule has 0 aliphatic heterocycles. The maximum atomic E-state index is 12.3. The molecular formula is C19H20Cl2N2O4S. The zero-order valence-electron chi connectivity index (χ0n) is 15.3. The van der Waals surface area contributed by atoms with Crippen LogP contribution in [0.5, 0.6) is 0 Å². The van der Waals surface area contributed by atoms with Gasteiger partial charge in [0.1, 0.15) is 0 Å². The van der Waals surface area contributed by atoms with Crippen LogP contribution in [0.25, 0.3) is 6.08 Å². The number of hydrogen-bond donors (Lipinski definition) is 2. The maximum Gasteiger partial charge on any atom is 0.248 e. The first-order valence-electron chi connectivity index (χ1n) is 8.26. The molecule has 0 saturated heterocycles. The van der Waals surface area contributed by atoms with Gasteiger partial charge < -0.3 is 10.1 Å². The van der Waals surface area contributed by atoms with Gasteiger partial charge in [0.15, 0.2) is 0 Å². The summed E-state index contributed by atoms with van der Waals surface area (Å²) >= 11 is 11.8. The highest BCUT2D eigenvalue weighted by atomic mass is 35.5. The van der Waals surface area contributed by atoms with Crippen molar-refractivity contribution >= 4 is 50.9 Å². The highest BCUT2D eigenvalue weighted by molar-refractivity contribution is 7.89. The summed E-state index contributed by atoms with van der Waals surface area (Å²) in [7, 11) is -2.16. The first kappa shape index (κ1) is 22.4. The van der Waals surface area contributed by atoms with E-state index in [1.165, 1.54) is 37.5 Å². The van der Waals surface area contributed by atoms with Gasteiger partial charge in [-0.2, -0.15) is 0 Å². The standard InChI is InChI=1S/C19H20Cl2N2O4S/c1-13(12-27-2)23-28(25,26)16-7-5-15(6-8-16)22-19(24)10-4-14-3-9-17(20)18(21)11-14/h3-11,13,23H,12H2,1-2H3,(H,22,24)/b10-4+. The van der Waals surface area contributed by atoms with Gasteiger partial charge in [0, 0.05) is 24.9 Å². The Hall–Kier alpha value is -1.90. The lowest BCUT2D eigenvalue weighted by Gasteiger charge is -2.13. The first-order chi connectivity index (χ1) is 13.2. The van der Waals surface area contributed by atoms with Crippen molar-refractivity contribution < 1.29 is 17.9 Å². The van der Waals surface area contributed by atoms with Crippen molar-refractivity contribution in [2.45, 2.75) is 17.9 Å². The fourth-order valence-corrected chi connectivity index (χ4v) is 3.84. The summed E-state index contributed by atoms with van der Waals surface area (Å²) in [6.07, 6.45) is 2.94. The number of rotatable bonds is 8. The third-order valence-corrected chi connectivity index (χ3v) is 5.92. The van der Waals surface area contributed by atoms with Crippen molar-refractivity contribution in [1.82, 2.24) is 4.72 Å². The smallest absolute Gasteiger partial charge is 0.248 e. The number of hydrogen-bond acceptors (Lipinski definition) is 4. The van der Waals surface area contributed by atoms with Crippen molar-refractivity contribution in [2.24, 2.45) is 0 Å². The van der Waals surface area contributed by atoms with E-state index in [1.807, 2.05) is 0 Å². The molecule has 0 fully saturated rings. The molecule has 0 saturated carbocycles. The Morgan fingerprint density at radius 1 is 1.14 bits per heavy atom. The van der Waals surface area contributed by atoms with Crippen molar-refractivity contribution in [3.63, 3.8) is 0 Å². The Morgan fingerprint density at radius 2 is 1.82 bits per heavy atom. The summed E-state index contributed by atoms with van der Waals surface area (Å²) in [6, 6.07) is 10.5. The Labute approximate surface area is 174 Å². The van der Waals surface area contributed by atoms with Gasteiger partial charge in [-0.1, -0.05) is 29.3 Å². The molecule has 150 valence electrons. The van der Waals surface area contributed by atoms with Gasteiger partial charge >= 0.3 is 0 Å². The molecule has 6 nitrogen and oxygen atoms in total. The third-order valence-electron chi connectivity index (χ3n) is 3.58. The van der Waals surface area contributed by atoms with Crippen LogP contribution in [0.3, 0.4) is 0 Å². The molecular weight excluding hydrogens is 423 g/mol. The van der Waals surface area contributed by atoms with E-state index in [0.717, 1.165) is 5.56 Å². The fraction of sp³-hybridized carbons (Fsp3) is 0.211. The molecule has 0 radical (unpaired) electrons. The van der Waals surface area contributed by atoms with Gasteiger partial charge in [0.05, 0.1) is 21.5 Å². The van der Waals surface area contributed by atoms with Crippen molar-refractivity contribution in [3.05, 3.63) is 64.1 Å². The van der Waals surface area contributed by atoms with Crippen LogP contribution < -0.4 is 10.0 Å². The van der Waals surface area contributed by atoms with Crippen molar-refractivity contribution in [2.75, 3.05) is 19.0 Å². The molecule has 1 atom stereocenters. The molecule has 2 aromatic rings. The number of anilines is 1. The molecule has 1 amide bonds. The molecule has 0 aliphatic carbocycles. The molecule has 0 heterocycles. The monoisotopic (exact) mass is 442 g/mol. The summed E-state index contributed by atoms with van der Waals surface area (Å²) in [6.45, 7) is 1.97. The second-order valence-corrected chi connectivity index (χ2v) is 8.53. The van der Waals surface area contributed by atoms with E-state index in [2.05, 4.69) is 10.0 Å². The number of carbonyl (C=O) groups is 1. The lowest BCUT2D eigenvalue weighted by atomic mass is 10.2. The van der Waals surface area contributed by atoms with Gasteiger partial charge in [-0.25, -0.2) is 13.1 Å². The van der Waals surface area contributed by atoms with Gasteiger partial charge in [-0.15, -0.1) is 0 Å². The maximum absolute atomic E-state index is 12.3. The lowest BCUT2D eigenvalue weighted by Crippen LogP contribution is -2.35. The second kappa shape index (κ2) is 10.0. The molecule has 0 spiro atoms. The van der Waals surface area contributed by atoms with E-state index in [1.54, 1.807) is 31.2 Å². The Kier molecular flexibility index (Phi) is 8.03. The summed E-state index contributed by atoms with van der Waals surface area (Å²) in [4.78, 5) is 12.1. The molecule has 2 rings (SSSR count). The van der Waals surface area contributed by atoms with Crippen LogP contribution in [0.1, 0.15) is 12.5 Å². The lowest BCUT2D eigenvalue weighted by molar-refractivity contribution is -0.111. The fourth-order valence-electron chi connectivity index (χ4n) is 2.31. The predicted octanol–water partition coefficient (Wildman–Crippen LogP) is 3.96. The molecule has 28 heavy (non-hydrogen) atoms. The van der Waals surface area contributed by atoms with Crippen molar-refractivity contribution in [1.29, 1.82) is 0 Å². The zero-order valence-corrected chi connectivity index (χ0v) is 17.6. The van der Waals surface area contributed by atoms with Crippen LogP contribution >= 0.6 is 23.2 Å². The Morgan fingerprint density at radius 3 is 2.43 bits per heavy atom. The zero-order chi connectivity index (χ0) is 20.7. The molecule has 2 N–H and O–H groups in total. The summed E-state index contributed by atoms with van der Waals surface area (Å²) in [5, 5.41) is 3.49. The highest BCUT2D eigenvalue weighted by Gasteiger charge is 2.17. The van der Waals surface area contributed by atoms with Crippen LogP contribution in [0.15, 0.2) is 53.4 Å². The quantitative estimate of drug-likeness (QED) is 0.605. The molecule has 2 aromatic carbocycles. The third kappa shape index (κ3) is 6.61. The van der Waals surface area contributed by atoms with E-state index < -0.39 is 10.0 Å². The summed E-state index contributed by atoms with van der Waals surface area (Å²) in [5.41, 5.74) is 1.19. The minimum absolute atomic E-state index is 0.0970. The minimum Gasteiger partial charge on any atom is -0.383 e. The number of methoxy groups -OCH3 is 1. The average molecular weight is 443 g/mol. The molecule has 0 bridgehead atoms. The topological polar surface area (TPSA) is 84.5 Å². The number of halogens is 2. The SMILES string of the molecule is COCC(C)NS(=O)(=O)c1ccc(NC(=O)/C=C/c2ccc(Cl)c(Cl)c2)cc1. The van der Waals surface area contributed by atoms with Crippen LogP contribution in [0, 0.1) is 0 Å². The normalized spacial score (nSPS) is 12.9. The van der Waals surface area contributed by atoms with Gasteiger partial charge in [0.2, 0.25) is 15.9 Å². The van der Waals surface area contributed by atoms with E-state index in [4.69, 9.17) is 27.9 Å². The van der Waals surface area contributed by atoms with Crippen LogP contribution in [0.4, 0.5) is 5.69 Å². The Bertz CT molecular complexity index is 960. The van der Waals surface area contributed by atoms with Gasteiger partial charge in [-0.05, 0) is 55.0 Å². The van der Waals surface area contributed by atoms with Gasteiger partial charge in [0.25, 0.3) is 0 Å². The second-order valence-electron chi connectivity index (χ2n) is 6.00. The predicted molar refractivity (Wildman–Crippen MR) is 112 cm³/mol. The minimum atomic E-state index is -3.66. The van der Waals surface area contributed by atoms with Crippen LogP contribution in [0.2, 0.25) is 10.0 Å². The van der Waals surface area contributed by atoms with E-state index in [-0.39, 0.29) is 23.5 Å². The largest absolute Gasteiger partial charge is 0.383 e. The molecule has 9 heteroatoms. The summed E-state index contributed by atoms with van der Waals surface area (Å²) in [5.74, 6) is -0.367. The first-order valence-corrected chi connectivity index (χ1v) is 10.5. The van der Waals surface area contributed by atoms with Crippen molar-refractivity contribution in [3.8, 4) is 0 Å². The molecule has 0 aliphatic rings. The number of ether oxygens (including phenoxy) is 1. The van der Waals surface area contributed by atoms with E-state index >= 15 is 0 Å². The van der Waals surface area contributed by atoms with E-state index in [9.17, 15) is 13.2 Å². The van der Waals surface area contributed by atoms with Crippen LogP contribution in [-0.4, -0.2) is 34.1 Å². The van der Waals surface area contributed by atoms with E-state index in [0.29, 0.717) is 15.7 Å². The highest BCUT2D eigenvalue weighted by Crippen LogP contribution is 2.23.